The number of ether oxygens (including phenoxy) is 2. The summed E-state index contributed by atoms with van der Waals surface area (Å²) in [4.78, 5) is 13.9. The lowest BCUT2D eigenvalue weighted by molar-refractivity contribution is 0.0256. The Morgan fingerprint density at radius 2 is 2.05 bits per heavy atom. The van der Waals surface area contributed by atoms with E-state index in [1.54, 1.807) is 0 Å². The largest absolute Gasteiger partial charge is 0.444 e. The minimum absolute atomic E-state index is 0.188. The van der Waals surface area contributed by atoms with Crippen molar-refractivity contribution in [1.82, 2.24) is 10.2 Å². The van der Waals surface area contributed by atoms with E-state index in [4.69, 9.17) is 9.47 Å². The molecule has 1 fully saturated rings. The average molecular weight is 286 g/mol. The van der Waals surface area contributed by atoms with Crippen molar-refractivity contribution in [2.75, 3.05) is 32.8 Å². The number of nitrogens with zero attached hydrogens (tertiary/aromatic N) is 1. The molecular weight excluding hydrogens is 256 g/mol. The molecule has 1 heterocycles. The first-order valence-electron chi connectivity index (χ1n) is 7.71. The van der Waals surface area contributed by atoms with Crippen LogP contribution < -0.4 is 5.32 Å². The van der Waals surface area contributed by atoms with Gasteiger partial charge in [0.15, 0.2) is 0 Å². The van der Waals surface area contributed by atoms with Crippen molar-refractivity contribution in [1.29, 1.82) is 0 Å². The maximum Gasteiger partial charge on any atom is 0.410 e. The highest BCUT2D eigenvalue weighted by Crippen LogP contribution is 2.15. The minimum Gasteiger partial charge on any atom is -0.444 e. The zero-order chi connectivity index (χ0) is 15.0. The van der Waals surface area contributed by atoms with Crippen molar-refractivity contribution < 1.29 is 14.3 Å². The van der Waals surface area contributed by atoms with E-state index >= 15 is 0 Å². The summed E-state index contributed by atoms with van der Waals surface area (Å²) in [6.07, 6.45) is 2.91. The first-order chi connectivity index (χ1) is 9.42. The van der Waals surface area contributed by atoms with Gasteiger partial charge in [-0.2, -0.15) is 0 Å². The summed E-state index contributed by atoms with van der Waals surface area (Å²) < 4.78 is 10.8. The zero-order valence-electron chi connectivity index (χ0n) is 13.4. The second-order valence-corrected chi connectivity index (χ2v) is 6.25. The number of likely N-dealkylation sites (tertiary alicyclic amines) is 1. The van der Waals surface area contributed by atoms with Crippen LogP contribution in [0, 0.1) is 0 Å². The van der Waals surface area contributed by atoms with Gasteiger partial charge in [0.25, 0.3) is 0 Å². The van der Waals surface area contributed by atoms with Crippen molar-refractivity contribution in [3.8, 4) is 0 Å². The molecule has 5 nitrogen and oxygen atoms in total. The fourth-order valence-electron chi connectivity index (χ4n) is 2.29. The van der Waals surface area contributed by atoms with E-state index in [-0.39, 0.29) is 6.09 Å². The van der Waals surface area contributed by atoms with Gasteiger partial charge in [-0.15, -0.1) is 0 Å². The highest BCUT2D eigenvalue weighted by atomic mass is 16.6. The average Bonchev–Trinajstić information content (AvgIpc) is 2.58. The van der Waals surface area contributed by atoms with Gasteiger partial charge in [0.05, 0.1) is 6.61 Å². The molecule has 1 amide bonds. The van der Waals surface area contributed by atoms with Crippen molar-refractivity contribution in [2.45, 2.75) is 58.6 Å². The Labute approximate surface area is 123 Å². The predicted octanol–water partition coefficient (Wildman–Crippen LogP) is 2.40. The van der Waals surface area contributed by atoms with Crippen molar-refractivity contribution in [3.05, 3.63) is 0 Å². The molecule has 1 unspecified atom stereocenters. The molecule has 1 saturated heterocycles. The Balaban J connectivity index is 2.30. The lowest BCUT2D eigenvalue weighted by atomic mass is 10.1. The molecule has 0 aromatic rings. The van der Waals surface area contributed by atoms with Crippen LogP contribution in [0.3, 0.4) is 0 Å². The molecular formula is C15H30N2O3. The molecule has 1 aliphatic rings. The smallest absolute Gasteiger partial charge is 0.410 e. The van der Waals surface area contributed by atoms with E-state index in [0.29, 0.717) is 6.04 Å². The van der Waals surface area contributed by atoms with Crippen molar-refractivity contribution >= 4 is 6.09 Å². The van der Waals surface area contributed by atoms with E-state index in [1.807, 2.05) is 32.6 Å². The number of carbonyl (C=O) groups excluding carboxylic acids is 1. The molecule has 0 radical (unpaired) electrons. The van der Waals surface area contributed by atoms with Gasteiger partial charge in [-0.05, 0) is 47.0 Å². The SMILES string of the molecule is CCOCCNC1CCCN(C(=O)OC(C)(C)C)CC1. The normalized spacial score (nSPS) is 20.6. The lowest BCUT2D eigenvalue weighted by Crippen LogP contribution is -2.38. The monoisotopic (exact) mass is 286 g/mol. The lowest BCUT2D eigenvalue weighted by Gasteiger charge is -2.26. The van der Waals surface area contributed by atoms with Gasteiger partial charge in [0, 0.05) is 32.3 Å². The zero-order valence-corrected chi connectivity index (χ0v) is 13.4. The minimum atomic E-state index is -0.418. The third-order valence-corrected chi connectivity index (χ3v) is 3.26. The number of amides is 1. The quantitative estimate of drug-likeness (QED) is 0.789. The Bertz CT molecular complexity index is 289. The summed E-state index contributed by atoms with van der Waals surface area (Å²) >= 11 is 0. The molecule has 0 spiro atoms. The van der Waals surface area contributed by atoms with Crippen LogP contribution in [0.4, 0.5) is 4.79 Å². The summed E-state index contributed by atoms with van der Waals surface area (Å²) in [5.74, 6) is 0. The number of carbonyl (C=O) groups is 1. The molecule has 118 valence electrons. The molecule has 0 aromatic heterocycles. The molecule has 1 atom stereocenters. The highest BCUT2D eigenvalue weighted by Gasteiger charge is 2.24. The molecule has 0 bridgehead atoms. The molecule has 0 aromatic carbocycles. The van der Waals surface area contributed by atoms with Crippen LogP contribution >= 0.6 is 0 Å². The van der Waals surface area contributed by atoms with Crippen LogP contribution in [0.1, 0.15) is 47.0 Å². The molecule has 20 heavy (non-hydrogen) atoms. The first kappa shape index (κ1) is 17.2. The molecule has 1 N–H and O–H groups in total. The third kappa shape index (κ3) is 7.10. The standard InChI is InChI=1S/C15H30N2O3/c1-5-19-12-9-16-13-7-6-10-17(11-8-13)14(18)20-15(2,3)4/h13,16H,5-12H2,1-4H3. The molecule has 5 heteroatoms. The highest BCUT2D eigenvalue weighted by molar-refractivity contribution is 5.68. The molecule has 1 aliphatic heterocycles. The topological polar surface area (TPSA) is 50.8 Å². The van der Waals surface area contributed by atoms with Crippen molar-refractivity contribution in [2.24, 2.45) is 0 Å². The first-order valence-corrected chi connectivity index (χ1v) is 7.71. The van der Waals surface area contributed by atoms with Gasteiger partial charge in [-0.1, -0.05) is 0 Å². The van der Waals surface area contributed by atoms with Gasteiger partial charge in [0.2, 0.25) is 0 Å². The van der Waals surface area contributed by atoms with Crippen molar-refractivity contribution in [3.63, 3.8) is 0 Å². The van der Waals surface area contributed by atoms with Crippen LogP contribution in [-0.2, 0) is 9.47 Å². The van der Waals surface area contributed by atoms with E-state index in [0.717, 1.165) is 52.1 Å². The molecule has 0 aliphatic carbocycles. The summed E-state index contributed by atoms with van der Waals surface area (Å²) in [5, 5.41) is 3.50. The molecule has 0 saturated carbocycles. The predicted molar refractivity (Wildman–Crippen MR) is 79.9 cm³/mol. The number of hydrogen-bond donors (Lipinski definition) is 1. The number of nitrogens with one attached hydrogen (secondary N) is 1. The molecule has 1 rings (SSSR count). The van der Waals surface area contributed by atoms with E-state index in [9.17, 15) is 4.79 Å². The van der Waals surface area contributed by atoms with Crippen LogP contribution in [0.2, 0.25) is 0 Å². The number of hydrogen-bond acceptors (Lipinski definition) is 4. The van der Waals surface area contributed by atoms with Crippen LogP contribution in [0.25, 0.3) is 0 Å². The third-order valence-electron chi connectivity index (χ3n) is 3.26. The Morgan fingerprint density at radius 1 is 1.30 bits per heavy atom. The van der Waals surface area contributed by atoms with Gasteiger partial charge in [0.1, 0.15) is 5.60 Å². The maximum absolute atomic E-state index is 12.0. The second-order valence-electron chi connectivity index (χ2n) is 6.25. The fourth-order valence-corrected chi connectivity index (χ4v) is 2.29. The van der Waals surface area contributed by atoms with E-state index in [1.165, 1.54) is 0 Å². The number of rotatable bonds is 5. The van der Waals surface area contributed by atoms with Gasteiger partial charge >= 0.3 is 6.09 Å². The maximum atomic E-state index is 12.0. The van der Waals surface area contributed by atoms with Gasteiger partial charge < -0.3 is 19.7 Å². The Morgan fingerprint density at radius 3 is 2.70 bits per heavy atom. The summed E-state index contributed by atoms with van der Waals surface area (Å²) in [6.45, 7) is 11.7. The van der Waals surface area contributed by atoms with Crippen LogP contribution in [-0.4, -0.2) is 55.5 Å². The Hall–Kier alpha value is -0.810. The van der Waals surface area contributed by atoms with E-state index in [2.05, 4.69) is 5.32 Å². The fraction of sp³-hybridized carbons (Fsp3) is 0.933. The van der Waals surface area contributed by atoms with Crippen LogP contribution in [0.5, 0.6) is 0 Å². The summed E-state index contributed by atoms with van der Waals surface area (Å²) in [5.41, 5.74) is -0.418. The summed E-state index contributed by atoms with van der Waals surface area (Å²) in [6, 6.07) is 0.475. The Kier molecular flexibility index (Phi) is 7.30. The van der Waals surface area contributed by atoms with E-state index < -0.39 is 5.60 Å². The summed E-state index contributed by atoms with van der Waals surface area (Å²) in [7, 11) is 0. The second kappa shape index (κ2) is 8.47. The van der Waals surface area contributed by atoms with Gasteiger partial charge in [-0.25, -0.2) is 4.79 Å². The van der Waals surface area contributed by atoms with Crippen LogP contribution in [0.15, 0.2) is 0 Å². The van der Waals surface area contributed by atoms with Gasteiger partial charge in [-0.3, -0.25) is 0 Å².